The lowest BCUT2D eigenvalue weighted by Gasteiger charge is -2.29. The Bertz CT molecular complexity index is 1150. The average Bonchev–Trinajstić information content (AvgIpc) is 3.15. The number of fused-ring (bicyclic) bond motifs is 1. The van der Waals surface area contributed by atoms with E-state index in [4.69, 9.17) is 21.3 Å². The normalized spacial score (nSPS) is 19.2. The van der Waals surface area contributed by atoms with Crippen LogP contribution in [0.3, 0.4) is 0 Å². The molecule has 11 heteroatoms. The van der Waals surface area contributed by atoms with Crippen molar-refractivity contribution in [1.29, 1.82) is 0 Å². The number of ether oxygens (including phenoxy) is 1. The van der Waals surface area contributed by atoms with Crippen LogP contribution in [0.1, 0.15) is 43.2 Å². The number of nitrogens with two attached hydrogens (primary N) is 2. The van der Waals surface area contributed by atoms with E-state index in [0.717, 1.165) is 28.6 Å². The van der Waals surface area contributed by atoms with Crippen LogP contribution in [0, 0.1) is 6.92 Å². The van der Waals surface area contributed by atoms with E-state index in [1.54, 1.807) is 0 Å². The Hall–Kier alpha value is -3.31. The van der Waals surface area contributed by atoms with Gasteiger partial charge in [-0.25, -0.2) is 0 Å². The molecule has 6 N–H and O–H groups in total. The molecule has 1 saturated heterocycles. The Balaban J connectivity index is 1.66. The van der Waals surface area contributed by atoms with E-state index in [2.05, 4.69) is 46.6 Å². The van der Waals surface area contributed by atoms with Gasteiger partial charge in [-0.05, 0) is 51.8 Å². The van der Waals surface area contributed by atoms with E-state index in [1.165, 1.54) is 0 Å². The van der Waals surface area contributed by atoms with Crippen LogP contribution in [0.15, 0.2) is 18.3 Å². The molecule has 11 nitrogen and oxygen atoms in total. The van der Waals surface area contributed by atoms with E-state index in [0.29, 0.717) is 13.2 Å². The van der Waals surface area contributed by atoms with Crippen molar-refractivity contribution in [2.45, 2.75) is 51.7 Å². The zero-order valence-electron chi connectivity index (χ0n) is 18.7. The molecule has 0 unspecified atom stereocenters. The van der Waals surface area contributed by atoms with Crippen molar-refractivity contribution in [2.24, 2.45) is 11.5 Å². The minimum atomic E-state index is -0.722. The molecule has 0 saturated carbocycles. The highest BCUT2D eigenvalue weighted by Gasteiger charge is 2.24. The highest BCUT2D eigenvalue weighted by Crippen LogP contribution is 2.27. The summed E-state index contributed by atoms with van der Waals surface area (Å²) < 4.78 is 7.31. The maximum Gasteiger partial charge on any atom is 0.273 e. The van der Waals surface area contributed by atoms with Gasteiger partial charge < -0.3 is 26.8 Å². The molecular weight excluding hydrogens is 410 g/mol. The molecule has 1 aromatic carbocycles. The lowest BCUT2D eigenvalue weighted by Crippen LogP contribution is -2.48. The molecular formula is C21H29N9O2. The topological polar surface area (TPSA) is 159 Å². The van der Waals surface area contributed by atoms with E-state index < -0.39 is 5.91 Å². The van der Waals surface area contributed by atoms with Gasteiger partial charge in [0.05, 0.1) is 17.7 Å². The van der Waals surface area contributed by atoms with Crippen LogP contribution < -0.4 is 22.1 Å². The van der Waals surface area contributed by atoms with Gasteiger partial charge in [0, 0.05) is 36.0 Å². The summed E-state index contributed by atoms with van der Waals surface area (Å²) in [7, 11) is 0. The van der Waals surface area contributed by atoms with Gasteiger partial charge in [0.2, 0.25) is 5.95 Å². The van der Waals surface area contributed by atoms with Crippen molar-refractivity contribution in [3.63, 3.8) is 0 Å². The van der Waals surface area contributed by atoms with Crippen LogP contribution >= 0.6 is 0 Å². The monoisotopic (exact) mass is 439 g/mol. The van der Waals surface area contributed by atoms with Crippen LogP contribution in [0.25, 0.3) is 10.9 Å². The van der Waals surface area contributed by atoms with E-state index in [1.807, 2.05) is 29.9 Å². The number of carbonyl (C=O) groups is 1. The number of aromatic nitrogens is 5. The van der Waals surface area contributed by atoms with Crippen molar-refractivity contribution in [3.8, 4) is 0 Å². The minimum Gasteiger partial charge on any atom is -0.380 e. The molecule has 0 bridgehead atoms. The SMILES string of the molecule is Cc1cc(Nc2nc(N[C@@H]3CCOC[C@@H]3N)nnc2C(N)=O)cc2cn(C(C)(C)C)nc12. The second-order valence-corrected chi connectivity index (χ2v) is 9.08. The van der Waals surface area contributed by atoms with E-state index >= 15 is 0 Å². The van der Waals surface area contributed by atoms with Gasteiger partial charge in [0.25, 0.3) is 5.91 Å². The number of hydrogen-bond donors (Lipinski definition) is 4. The predicted molar refractivity (Wildman–Crippen MR) is 122 cm³/mol. The third-order valence-corrected chi connectivity index (χ3v) is 5.38. The number of benzene rings is 1. The number of carbonyl (C=O) groups excluding carboxylic acids is 1. The molecule has 4 rings (SSSR count). The first-order valence-electron chi connectivity index (χ1n) is 10.5. The molecule has 1 amide bonds. The second kappa shape index (κ2) is 8.32. The molecule has 2 atom stereocenters. The van der Waals surface area contributed by atoms with Crippen molar-refractivity contribution < 1.29 is 9.53 Å². The largest absolute Gasteiger partial charge is 0.380 e. The highest BCUT2D eigenvalue weighted by molar-refractivity contribution is 5.96. The first kappa shape index (κ1) is 21.9. The van der Waals surface area contributed by atoms with Crippen LogP contribution in [-0.4, -0.2) is 56.2 Å². The maximum absolute atomic E-state index is 11.9. The maximum atomic E-state index is 11.9. The van der Waals surface area contributed by atoms with Gasteiger partial charge >= 0.3 is 0 Å². The number of anilines is 3. The summed E-state index contributed by atoms with van der Waals surface area (Å²) in [5.41, 5.74) is 14.1. The average molecular weight is 440 g/mol. The fraction of sp³-hybridized carbons (Fsp3) is 0.476. The fourth-order valence-electron chi connectivity index (χ4n) is 3.61. The van der Waals surface area contributed by atoms with E-state index in [9.17, 15) is 4.79 Å². The minimum absolute atomic E-state index is 0.0463. The van der Waals surface area contributed by atoms with E-state index in [-0.39, 0.29) is 35.1 Å². The first-order valence-corrected chi connectivity index (χ1v) is 10.5. The standard InChI is InChI=1S/C21H29N9O2/c1-11-7-13(8-12-9-30(21(2,3)4)29-16(11)12)24-19-17(18(23)31)27-28-20(26-19)25-15-5-6-32-10-14(15)22/h7-9,14-15H,5-6,10,22H2,1-4H3,(H2,23,31)(H2,24,25,26,28)/t14-,15+/m0/s1. The molecule has 0 spiro atoms. The summed E-state index contributed by atoms with van der Waals surface area (Å²) in [6, 6.07) is 3.64. The molecule has 1 aliphatic heterocycles. The molecule has 1 fully saturated rings. The quantitative estimate of drug-likeness (QED) is 0.463. The van der Waals surface area contributed by atoms with Gasteiger partial charge in [-0.3, -0.25) is 9.48 Å². The molecule has 170 valence electrons. The number of nitrogens with one attached hydrogen (secondary N) is 2. The summed E-state index contributed by atoms with van der Waals surface area (Å²) in [6.45, 7) is 9.33. The number of primary amides is 1. The van der Waals surface area contributed by atoms with Gasteiger partial charge in [-0.1, -0.05) is 0 Å². The lowest BCUT2D eigenvalue weighted by atomic mass is 10.1. The fourth-order valence-corrected chi connectivity index (χ4v) is 3.61. The number of amides is 1. The zero-order valence-corrected chi connectivity index (χ0v) is 18.7. The lowest BCUT2D eigenvalue weighted by molar-refractivity contribution is 0.0751. The van der Waals surface area contributed by atoms with Gasteiger partial charge in [-0.15, -0.1) is 10.2 Å². The zero-order chi connectivity index (χ0) is 23.0. The third-order valence-electron chi connectivity index (χ3n) is 5.38. The van der Waals surface area contributed by atoms with Crippen LogP contribution in [0.4, 0.5) is 17.5 Å². The number of nitrogens with zero attached hydrogens (tertiary/aromatic N) is 5. The summed E-state index contributed by atoms with van der Waals surface area (Å²) in [4.78, 5) is 16.4. The Morgan fingerprint density at radius 1 is 1.28 bits per heavy atom. The smallest absolute Gasteiger partial charge is 0.273 e. The summed E-state index contributed by atoms with van der Waals surface area (Å²) in [5.74, 6) is -0.240. The highest BCUT2D eigenvalue weighted by atomic mass is 16.5. The molecule has 3 aromatic rings. The van der Waals surface area contributed by atoms with Crippen LogP contribution in [0.5, 0.6) is 0 Å². The van der Waals surface area contributed by atoms with Crippen molar-refractivity contribution in [2.75, 3.05) is 23.8 Å². The Morgan fingerprint density at radius 3 is 2.75 bits per heavy atom. The predicted octanol–water partition coefficient (Wildman–Crippen LogP) is 1.66. The van der Waals surface area contributed by atoms with Crippen molar-refractivity contribution >= 4 is 34.3 Å². The molecule has 2 aromatic heterocycles. The summed E-state index contributed by atoms with van der Waals surface area (Å²) in [6.07, 6.45) is 2.72. The molecule has 3 heterocycles. The third kappa shape index (κ3) is 4.48. The molecule has 0 radical (unpaired) electrons. The second-order valence-electron chi connectivity index (χ2n) is 9.08. The van der Waals surface area contributed by atoms with Crippen LogP contribution in [0.2, 0.25) is 0 Å². The summed E-state index contributed by atoms with van der Waals surface area (Å²) >= 11 is 0. The van der Waals surface area contributed by atoms with Crippen molar-refractivity contribution in [3.05, 3.63) is 29.6 Å². The van der Waals surface area contributed by atoms with Gasteiger partial charge in [0.15, 0.2) is 11.5 Å². The molecule has 1 aliphatic rings. The van der Waals surface area contributed by atoms with Crippen LogP contribution in [-0.2, 0) is 10.3 Å². The number of rotatable bonds is 5. The molecule has 32 heavy (non-hydrogen) atoms. The number of hydrogen-bond acceptors (Lipinski definition) is 9. The number of aryl methyl sites for hydroxylation is 1. The summed E-state index contributed by atoms with van der Waals surface area (Å²) in [5, 5.41) is 20.0. The first-order chi connectivity index (χ1) is 15.1. The molecule has 0 aliphatic carbocycles. The Morgan fingerprint density at radius 2 is 2.06 bits per heavy atom. The Kier molecular flexibility index (Phi) is 5.70. The van der Waals surface area contributed by atoms with Crippen molar-refractivity contribution in [1.82, 2.24) is 25.0 Å². The van der Waals surface area contributed by atoms with Gasteiger partial charge in [0.1, 0.15) is 0 Å². The van der Waals surface area contributed by atoms with Gasteiger partial charge in [-0.2, -0.15) is 10.1 Å². The Labute approximate surface area is 185 Å².